The van der Waals surface area contributed by atoms with Gasteiger partial charge in [0.25, 0.3) is 0 Å². The van der Waals surface area contributed by atoms with Gasteiger partial charge in [-0.2, -0.15) is 0 Å². The van der Waals surface area contributed by atoms with Crippen molar-refractivity contribution in [2.45, 2.75) is 24.3 Å². The van der Waals surface area contributed by atoms with E-state index in [4.69, 9.17) is 4.74 Å². The molecule has 112 valence electrons. The summed E-state index contributed by atoms with van der Waals surface area (Å²) < 4.78 is 11.7. The Hall–Kier alpha value is -0.811. The fourth-order valence-corrected chi connectivity index (χ4v) is 4.82. The maximum atomic E-state index is 6.22. The summed E-state index contributed by atoms with van der Waals surface area (Å²) in [6, 6.07) is 6.42. The first kappa shape index (κ1) is 15.1. The van der Waals surface area contributed by atoms with Crippen molar-refractivity contribution in [3.05, 3.63) is 22.6 Å². The Labute approximate surface area is 135 Å². The van der Waals surface area contributed by atoms with Crippen LogP contribution >= 0.6 is 11.8 Å². The Morgan fingerprint density at radius 1 is 1.33 bits per heavy atom. The number of fused-ring (bicyclic) bond motifs is 3. The quantitative estimate of drug-likeness (QED) is 0.612. The molecular formula is C15H19N3OSSe. The van der Waals surface area contributed by atoms with Crippen molar-refractivity contribution in [2.75, 3.05) is 26.4 Å². The zero-order valence-electron chi connectivity index (χ0n) is 12.7. The zero-order chi connectivity index (χ0) is 15.0. The number of rotatable bonds is 4. The molecule has 0 bridgehead atoms. The topological polar surface area (TPSA) is 38.2 Å². The SMILES string of the molecule is CN(C)CCSc1ccc2c(c1)OC(C)(C)c1[se]nnc1-2. The van der Waals surface area contributed by atoms with Gasteiger partial charge in [0.2, 0.25) is 0 Å². The average molecular weight is 368 g/mol. The van der Waals surface area contributed by atoms with E-state index in [-0.39, 0.29) is 20.3 Å². The van der Waals surface area contributed by atoms with E-state index in [0.29, 0.717) is 0 Å². The first-order valence-electron chi connectivity index (χ1n) is 6.91. The predicted octanol–water partition coefficient (Wildman–Crippen LogP) is 2.48. The average Bonchev–Trinajstić information content (AvgIpc) is 2.88. The second-order valence-corrected chi connectivity index (χ2v) is 8.62. The van der Waals surface area contributed by atoms with Crippen LogP contribution in [0.4, 0.5) is 0 Å². The molecule has 0 fully saturated rings. The van der Waals surface area contributed by atoms with Gasteiger partial charge in [-0.1, -0.05) is 0 Å². The molecule has 1 aromatic carbocycles. The van der Waals surface area contributed by atoms with Crippen LogP contribution in [0.5, 0.6) is 5.75 Å². The molecule has 0 radical (unpaired) electrons. The van der Waals surface area contributed by atoms with E-state index in [1.165, 1.54) is 9.33 Å². The Kier molecular flexibility index (Phi) is 4.14. The van der Waals surface area contributed by atoms with E-state index < -0.39 is 0 Å². The summed E-state index contributed by atoms with van der Waals surface area (Å²) in [6.45, 7) is 5.28. The first-order valence-corrected chi connectivity index (χ1v) is 9.52. The van der Waals surface area contributed by atoms with Crippen LogP contribution in [0.15, 0.2) is 23.1 Å². The molecule has 0 saturated carbocycles. The molecule has 0 unspecified atom stereocenters. The summed E-state index contributed by atoms with van der Waals surface area (Å²) in [6.07, 6.45) is 0. The van der Waals surface area contributed by atoms with Crippen LogP contribution in [-0.4, -0.2) is 55.2 Å². The molecule has 4 nitrogen and oxygen atoms in total. The molecule has 1 aliphatic rings. The third-order valence-electron chi connectivity index (χ3n) is 3.42. The zero-order valence-corrected chi connectivity index (χ0v) is 15.2. The fraction of sp³-hybridized carbons (Fsp3) is 0.467. The second-order valence-electron chi connectivity index (χ2n) is 5.87. The van der Waals surface area contributed by atoms with Crippen molar-refractivity contribution in [2.24, 2.45) is 0 Å². The molecule has 1 aromatic heterocycles. The van der Waals surface area contributed by atoms with Gasteiger partial charge < -0.3 is 0 Å². The van der Waals surface area contributed by atoms with Crippen LogP contribution < -0.4 is 4.74 Å². The third-order valence-corrected chi connectivity index (χ3v) is 6.55. The summed E-state index contributed by atoms with van der Waals surface area (Å²) in [5.41, 5.74) is 1.83. The fourth-order valence-electron chi connectivity index (χ4n) is 2.30. The molecule has 0 amide bonds. The molecule has 0 spiro atoms. The van der Waals surface area contributed by atoms with Gasteiger partial charge in [-0.25, -0.2) is 0 Å². The van der Waals surface area contributed by atoms with Crippen molar-refractivity contribution in [3.8, 4) is 17.0 Å². The third kappa shape index (κ3) is 3.04. The molecule has 2 aromatic rings. The van der Waals surface area contributed by atoms with Gasteiger partial charge in [-0.05, 0) is 0 Å². The van der Waals surface area contributed by atoms with Crippen molar-refractivity contribution in [1.82, 2.24) is 14.1 Å². The van der Waals surface area contributed by atoms with Crippen LogP contribution in [0.25, 0.3) is 11.3 Å². The number of nitrogens with zero attached hydrogens (tertiary/aromatic N) is 3. The molecule has 0 N–H and O–H groups in total. The van der Waals surface area contributed by atoms with Gasteiger partial charge in [0.1, 0.15) is 0 Å². The van der Waals surface area contributed by atoms with E-state index in [2.05, 4.69) is 60.2 Å². The standard InChI is InChI=1S/C15H19N3OSSe/c1-15(2)14-13(16-17-21-14)11-6-5-10(9-12(11)19-15)20-8-7-18(3)4/h5-6,9H,7-8H2,1-4H3. The summed E-state index contributed by atoms with van der Waals surface area (Å²) in [5, 5.41) is 4.35. The Balaban J connectivity index is 1.87. The molecule has 21 heavy (non-hydrogen) atoms. The van der Waals surface area contributed by atoms with Gasteiger partial charge in [-0.3, -0.25) is 0 Å². The number of hydrogen-bond acceptors (Lipinski definition) is 5. The number of hydrogen-bond donors (Lipinski definition) is 0. The molecule has 0 atom stereocenters. The normalized spacial score (nSPS) is 15.5. The molecule has 0 aliphatic carbocycles. The predicted molar refractivity (Wildman–Crippen MR) is 87.3 cm³/mol. The van der Waals surface area contributed by atoms with Crippen molar-refractivity contribution >= 4 is 26.5 Å². The molecule has 1 aliphatic heterocycles. The van der Waals surface area contributed by atoms with Crippen molar-refractivity contribution < 1.29 is 4.74 Å². The minimum atomic E-state index is -0.293. The molecule has 6 heteroatoms. The van der Waals surface area contributed by atoms with Gasteiger partial charge in [0.15, 0.2) is 0 Å². The summed E-state index contributed by atoms with van der Waals surface area (Å²) >= 11 is 1.94. The van der Waals surface area contributed by atoms with E-state index in [0.717, 1.165) is 29.3 Å². The van der Waals surface area contributed by atoms with E-state index in [9.17, 15) is 0 Å². The molecule has 3 rings (SSSR count). The van der Waals surface area contributed by atoms with Gasteiger partial charge in [-0.15, -0.1) is 0 Å². The van der Waals surface area contributed by atoms with Crippen molar-refractivity contribution in [3.63, 3.8) is 0 Å². The van der Waals surface area contributed by atoms with E-state index in [1.807, 2.05) is 11.8 Å². The van der Waals surface area contributed by atoms with E-state index >= 15 is 0 Å². The molecule has 0 saturated heterocycles. The Bertz CT molecular complexity index is 654. The summed E-state index contributed by atoms with van der Waals surface area (Å²) in [5.74, 6) is 2.01. The van der Waals surface area contributed by atoms with Crippen LogP contribution in [0, 0.1) is 0 Å². The van der Waals surface area contributed by atoms with Crippen LogP contribution in [-0.2, 0) is 5.60 Å². The minimum absolute atomic E-state index is 0.0790. The van der Waals surface area contributed by atoms with E-state index in [1.54, 1.807) is 0 Å². The summed E-state index contributed by atoms with van der Waals surface area (Å²) in [4.78, 5) is 3.44. The Morgan fingerprint density at radius 2 is 2.14 bits per heavy atom. The molecular weight excluding hydrogens is 349 g/mol. The maximum absolute atomic E-state index is 6.22. The number of ether oxygens (including phenoxy) is 1. The monoisotopic (exact) mass is 369 g/mol. The van der Waals surface area contributed by atoms with Crippen LogP contribution in [0.3, 0.4) is 0 Å². The van der Waals surface area contributed by atoms with Gasteiger partial charge in [0.05, 0.1) is 0 Å². The number of thioether (sulfide) groups is 1. The Morgan fingerprint density at radius 3 is 2.90 bits per heavy atom. The second kappa shape index (κ2) is 5.76. The number of aromatic nitrogens is 2. The van der Waals surface area contributed by atoms with Gasteiger partial charge >= 0.3 is 136 Å². The molecule has 2 heterocycles. The van der Waals surface area contributed by atoms with Gasteiger partial charge in [0, 0.05) is 0 Å². The number of benzene rings is 1. The van der Waals surface area contributed by atoms with Crippen LogP contribution in [0.2, 0.25) is 0 Å². The van der Waals surface area contributed by atoms with Crippen LogP contribution in [0.1, 0.15) is 18.3 Å². The summed E-state index contributed by atoms with van der Waals surface area (Å²) in [7, 11) is 4.19. The first-order chi connectivity index (χ1) is 9.97. The van der Waals surface area contributed by atoms with Crippen molar-refractivity contribution in [1.29, 1.82) is 0 Å².